The van der Waals surface area contributed by atoms with Gasteiger partial charge in [-0.05, 0) is 38.4 Å². The maximum Gasteiger partial charge on any atom is 0.337 e. The Hall–Kier alpha value is -1.95. The van der Waals surface area contributed by atoms with Crippen molar-refractivity contribution >= 4 is 11.9 Å². The Bertz CT molecular complexity index is 541. The van der Waals surface area contributed by atoms with E-state index < -0.39 is 5.97 Å². The van der Waals surface area contributed by atoms with E-state index >= 15 is 0 Å². The van der Waals surface area contributed by atoms with Crippen LogP contribution in [0.4, 0.5) is 0 Å². The van der Waals surface area contributed by atoms with Crippen molar-refractivity contribution in [3.8, 4) is 0 Å². The summed E-state index contributed by atoms with van der Waals surface area (Å²) in [5, 5.41) is 11.8. The molecule has 2 rings (SSSR count). The highest BCUT2D eigenvalue weighted by Crippen LogP contribution is 2.25. The van der Waals surface area contributed by atoms with Crippen LogP contribution in [0, 0.1) is 6.92 Å². The van der Waals surface area contributed by atoms with Crippen LogP contribution >= 0.6 is 0 Å². The van der Waals surface area contributed by atoms with Crippen molar-refractivity contribution in [2.45, 2.75) is 32.7 Å². The molecule has 0 aliphatic heterocycles. The van der Waals surface area contributed by atoms with Gasteiger partial charge in [0.05, 0.1) is 11.3 Å². The highest BCUT2D eigenvalue weighted by molar-refractivity contribution is 5.94. The summed E-state index contributed by atoms with van der Waals surface area (Å²) in [6.45, 7) is 6.11. The first-order valence-electron chi connectivity index (χ1n) is 7.26. The fraction of sp³-hybridized carbons (Fsp3) is 0.533. The summed E-state index contributed by atoms with van der Waals surface area (Å²) in [7, 11) is 0. The molecule has 0 atom stereocenters. The van der Waals surface area contributed by atoms with Crippen LogP contribution in [-0.4, -0.2) is 52.5 Å². The van der Waals surface area contributed by atoms with E-state index in [4.69, 9.17) is 5.11 Å². The molecule has 6 heteroatoms. The predicted molar refractivity (Wildman–Crippen MR) is 78.5 cm³/mol. The van der Waals surface area contributed by atoms with Gasteiger partial charge in [0, 0.05) is 19.1 Å². The van der Waals surface area contributed by atoms with E-state index in [0.717, 1.165) is 13.1 Å². The molecule has 0 spiro atoms. The molecule has 0 aromatic carbocycles. The number of hydrogen-bond donors (Lipinski definition) is 2. The lowest BCUT2D eigenvalue weighted by Gasteiger charge is -2.19. The largest absolute Gasteiger partial charge is 0.478 e. The van der Waals surface area contributed by atoms with Crippen molar-refractivity contribution in [3.05, 3.63) is 29.1 Å². The summed E-state index contributed by atoms with van der Waals surface area (Å²) in [4.78, 5) is 29.3. The van der Waals surface area contributed by atoms with E-state index in [1.165, 1.54) is 25.0 Å². The van der Waals surface area contributed by atoms with Gasteiger partial charge in [0.1, 0.15) is 5.69 Å². The number of carboxylic acid groups (broad SMARTS) is 1. The van der Waals surface area contributed by atoms with Gasteiger partial charge in [-0.25, -0.2) is 9.78 Å². The zero-order valence-corrected chi connectivity index (χ0v) is 12.4. The molecule has 1 aromatic rings. The van der Waals surface area contributed by atoms with Gasteiger partial charge in [0.15, 0.2) is 0 Å². The summed E-state index contributed by atoms with van der Waals surface area (Å²) in [6.07, 6.45) is 2.50. The maximum absolute atomic E-state index is 12.0. The number of likely N-dealkylation sites (N-methyl/N-ethyl adjacent to an activating group) is 1. The number of aromatic carboxylic acids is 1. The van der Waals surface area contributed by atoms with Crippen molar-refractivity contribution in [2.75, 3.05) is 19.6 Å². The zero-order valence-electron chi connectivity index (χ0n) is 12.4. The number of amides is 1. The van der Waals surface area contributed by atoms with Crippen LogP contribution in [-0.2, 0) is 0 Å². The van der Waals surface area contributed by atoms with Crippen LogP contribution < -0.4 is 5.32 Å². The molecule has 21 heavy (non-hydrogen) atoms. The molecule has 1 aliphatic rings. The lowest BCUT2D eigenvalue weighted by molar-refractivity contribution is 0.0694. The standard InChI is InChI=1S/C15H21N3O3/c1-3-18(11-4-5-11)9-8-16-14(19)13-7-6-12(15(20)21)10(2)17-13/h6-7,11H,3-5,8-9H2,1-2H3,(H,16,19)(H,20,21). The monoisotopic (exact) mass is 291 g/mol. The number of hydrogen-bond acceptors (Lipinski definition) is 4. The minimum atomic E-state index is -1.03. The first kappa shape index (κ1) is 15.4. The third-order valence-electron chi connectivity index (χ3n) is 3.70. The van der Waals surface area contributed by atoms with Crippen molar-refractivity contribution < 1.29 is 14.7 Å². The number of carbonyl (C=O) groups is 2. The molecule has 0 saturated heterocycles. The molecule has 1 fully saturated rings. The van der Waals surface area contributed by atoms with Crippen LogP contribution in [0.5, 0.6) is 0 Å². The smallest absolute Gasteiger partial charge is 0.337 e. The van der Waals surface area contributed by atoms with Crippen LogP contribution in [0.3, 0.4) is 0 Å². The normalized spacial score (nSPS) is 14.2. The molecular formula is C15H21N3O3. The molecule has 114 valence electrons. The van der Waals surface area contributed by atoms with E-state index in [2.05, 4.69) is 22.1 Å². The van der Waals surface area contributed by atoms with Gasteiger partial charge in [-0.2, -0.15) is 0 Å². The van der Waals surface area contributed by atoms with Gasteiger partial charge >= 0.3 is 5.97 Å². The number of pyridine rings is 1. The van der Waals surface area contributed by atoms with Crippen molar-refractivity contribution in [3.63, 3.8) is 0 Å². The van der Waals surface area contributed by atoms with E-state index in [1.807, 2.05) is 0 Å². The summed E-state index contributed by atoms with van der Waals surface area (Å²) in [5.74, 6) is -1.29. The Morgan fingerprint density at radius 1 is 1.43 bits per heavy atom. The minimum Gasteiger partial charge on any atom is -0.478 e. The molecule has 6 nitrogen and oxygen atoms in total. The molecule has 0 bridgehead atoms. The van der Waals surface area contributed by atoms with Crippen LogP contribution in [0.1, 0.15) is 46.3 Å². The first-order valence-corrected chi connectivity index (χ1v) is 7.26. The first-order chi connectivity index (χ1) is 10.0. The fourth-order valence-electron chi connectivity index (χ4n) is 2.36. The van der Waals surface area contributed by atoms with Gasteiger partial charge < -0.3 is 10.4 Å². The topological polar surface area (TPSA) is 82.5 Å². The summed E-state index contributed by atoms with van der Waals surface area (Å²) < 4.78 is 0. The maximum atomic E-state index is 12.0. The number of aromatic nitrogens is 1. The molecule has 0 radical (unpaired) electrons. The van der Waals surface area contributed by atoms with Gasteiger partial charge in [-0.3, -0.25) is 9.69 Å². The Labute approximate surface area is 124 Å². The third-order valence-corrected chi connectivity index (χ3v) is 3.70. The molecule has 1 aromatic heterocycles. The minimum absolute atomic E-state index is 0.123. The van der Waals surface area contributed by atoms with E-state index in [9.17, 15) is 9.59 Å². The molecular weight excluding hydrogens is 270 g/mol. The fourth-order valence-corrected chi connectivity index (χ4v) is 2.36. The van der Waals surface area contributed by atoms with Gasteiger partial charge in [0.2, 0.25) is 0 Å². The molecule has 0 unspecified atom stereocenters. The van der Waals surface area contributed by atoms with E-state index in [1.54, 1.807) is 6.92 Å². The Balaban J connectivity index is 1.88. The average Bonchev–Trinajstić information content (AvgIpc) is 3.27. The second-order valence-electron chi connectivity index (χ2n) is 5.25. The summed E-state index contributed by atoms with van der Waals surface area (Å²) in [6, 6.07) is 3.55. The van der Waals surface area contributed by atoms with Crippen molar-refractivity contribution in [2.24, 2.45) is 0 Å². The van der Waals surface area contributed by atoms with Gasteiger partial charge in [-0.15, -0.1) is 0 Å². The molecule has 1 amide bonds. The van der Waals surface area contributed by atoms with Crippen LogP contribution in [0.2, 0.25) is 0 Å². The van der Waals surface area contributed by atoms with Crippen molar-refractivity contribution in [1.82, 2.24) is 15.2 Å². The lowest BCUT2D eigenvalue weighted by atomic mass is 10.2. The molecule has 1 saturated carbocycles. The van der Waals surface area contributed by atoms with Gasteiger partial charge in [0.25, 0.3) is 5.91 Å². The van der Waals surface area contributed by atoms with E-state index in [0.29, 0.717) is 18.3 Å². The Kier molecular flexibility index (Phi) is 4.90. The second kappa shape index (κ2) is 6.67. The Morgan fingerprint density at radius 2 is 2.14 bits per heavy atom. The number of aryl methyl sites for hydroxylation is 1. The Morgan fingerprint density at radius 3 is 2.67 bits per heavy atom. The van der Waals surface area contributed by atoms with Crippen molar-refractivity contribution in [1.29, 1.82) is 0 Å². The highest BCUT2D eigenvalue weighted by atomic mass is 16.4. The quantitative estimate of drug-likeness (QED) is 0.791. The third kappa shape index (κ3) is 4.01. The number of rotatable bonds is 7. The lowest BCUT2D eigenvalue weighted by Crippen LogP contribution is -2.36. The van der Waals surface area contributed by atoms with Crippen LogP contribution in [0.25, 0.3) is 0 Å². The van der Waals surface area contributed by atoms with E-state index in [-0.39, 0.29) is 17.2 Å². The second-order valence-corrected chi connectivity index (χ2v) is 5.25. The number of nitrogens with zero attached hydrogens (tertiary/aromatic N) is 2. The number of nitrogens with one attached hydrogen (secondary N) is 1. The number of carbonyl (C=O) groups excluding carboxylic acids is 1. The molecule has 1 heterocycles. The van der Waals surface area contributed by atoms with Gasteiger partial charge in [-0.1, -0.05) is 6.92 Å². The summed E-state index contributed by atoms with van der Waals surface area (Å²) in [5.41, 5.74) is 0.729. The highest BCUT2D eigenvalue weighted by Gasteiger charge is 2.27. The molecule has 1 aliphatic carbocycles. The molecule has 2 N–H and O–H groups in total. The SMILES string of the molecule is CCN(CCNC(=O)c1ccc(C(=O)O)c(C)n1)C1CC1. The number of carboxylic acids is 1. The average molecular weight is 291 g/mol. The predicted octanol–water partition coefficient (Wildman–Crippen LogP) is 1.30. The zero-order chi connectivity index (χ0) is 15.4. The summed E-state index contributed by atoms with van der Waals surface area (Å²) >= 11 is 0. The van der Waals surface area contributed by atoms with Crippen LogP contribution in [0.15, 0.2) is 12.1 Å².